The number of anilines is 2. The Morgan fingerprint density at radius 2 is 1.60 bits per heavy atom. The average Bonchev–Trinajstić information content (AvgIpc) is 3.31. The van der Waals surface area contributed by atoms with E-state index in [4.69, 9.17) is 4.74 Å². The van der Waals surface area contributed by atoms with Gasteiger partial charge < -0.3 is 19.4 Å². The van der Waals surface area contributed by atoms with Crippen LogP contribution in [-0.4, -0.2) is 83.8 Å². The van der Waals surface area contributed by atoms with Gasteiger partial charge in [-0.25, -0.2) is 4.39 Å². The van der Waals surface area contributed by atoms with Gasteiger partial charge in [-0.1, -0.05) is 54.2 Å². The third-order valence-corrected chi connectivity index (χ3v) is 7.28. The van der Waals surface area contributed by atoms with Gasteiger partial charge in [-0.15, -0.1) is 10.2 Å². The number of rotatable bonds is 7. The Bertz CT molecular complexity index is 1130. The fraction of sp³-hybridized carbons (Fsp3) is 0.400. The molecular formula is C25H29FN6O2S. The minimum Gasteiger partial charge on any atom is -0.378 e. The molecule has 2 aliphatic heterocycles. The van der Waals surface area contributed by atoms with Crippen molar-refractivity contribution in [2.75, 3.05) is 68.0 Å². The van der Waals surface area contributed by atoms with Crippen LogP contribution in [0.5, 0.6) is 0 Å². The van der Waals surface area contributed by atoms with Crippen molar-refractivity contribution in [2.24, 2.45) is 0 Å². The maximum absolute atomic E-state index is 14.1. The molecule has 184 valence electrons. The second-order valence-electron chi connectivity index (χ2n) is 8.56. The van der Waals surface area contributed by atoms with Crippen LogP contribution in [0.1, 0.15) is 5.56 Å². The van der Waals surface area contributed by atoms with Crippen LogP contribution < -0.4 is 9.80 Å². The molecule has 2 aromatic carbocycles. The molecule has 0 spiro atoms. The minimum absolute atomic E-state index is 0.0605. The summed E-state index contributed by atoms with van der Waals surface area (Å²) in [5.74, 6) is 0.933. The summed E-state index contributed by atoms with van der Waals surface area (Å²) < 4.78 is 21.7. The van der Waals surface area contributed by atoms with Crippen molar-refractivity contribution >= 4 is 29.3 Å². The summed E-state index contributed by atoms with van der Waals surface area (Å²) in [6, 6.07) is 17.0. The third kappa shape index (κ3) is 5.59. The molecule has 1 amide bonds. The molecular weight excluding hydrogens is 467 g/mol. The van der Waals surface area contributed by atoms with Gasteiger partial charge >= 0.3 is 0 Å². The predicted octanol–water partition coefficient (Wildman–Crippen LogP) is 2.74. The summed E-state index contributed by atoms with van der Waals surface area (Å²) in [6.07, 6.45) is 0. The van der Waals surface area contributed by atoms with Gasteiger partial charge in [0.15, 0.2) is 5.16 Å². The molecule has 2 fully saturated rings. The number of hydrogen-bond acceptors (Lipinski definition) is 7. The van der Waals surface area contributed by atoms with E-state index in [9.17, 15) is 9.18 Å². The van der Waals surface area contributed by atoms with Crippen LogP contribution >= 0.6 is 11.8 Å². The lowest BCUT2D eigenvalue weighted by atomic mass is 10.2. The number of amides is 1. The molecule has 2 saturated heterocycles. The summed E-state index contributed by atoms with van der Waals surface area (Å²) in [7, 11) is 0. The molecule has 10 heteroatoms. The Kier molecular flexibility index (Phi) is 7.48. The number of carbonyl (C=O) groups is 1. The van der Waals surface area contributed by atoms with Crippen LogP contribution in [0.4, 0.5) is 16.0 Å². The Hall–Kier alpha value is -3.11. The van der Waals surface area contributed by atoms with Crippen LogP contribution in [0.2, 0.25) is 0 Å². The van der Waals surface area contributed by atoms with E-state index in [0.717, 1.165) is 29.8 Å². The van der Waals surface area contributed by atoms with E-state index in [0.29, 0.717) is 51.6 Å². The molecule has 0 radical (unpaired) electrons. The van der Waals surface area contributed by atoms with Crippen LogP contribution in [0.25, 0.3) is 0 Å². The van der Waals surface area contributed by atoms with Crippen LogP contribution in [-0.2, 0) is 16.1 Å². The first-order chi connectivity index (χ1) is 17.2. The summed E-state index contributed by atoms with van der Waals surface area (Å²) in [6.45, 7) is 5.87. The standard InChI is InChI=1S/C25H29FN6O2S/c26-21-8-4-5-9-22(21)29-10-12-30(13-11-29)23(33)19-35-25-28-27-24(31-14-16-34-17-15-31)32(25)18-20-6-2-1-3-7-20/h1-9H,10-19H2. The first-order valence-electron chi connectivity index (χ1n) is 11.9. The van der Waals surface area contributed by atoms with E-state index in [1.807, 2.05) is 34.1 Å². The first kappa shape index (κ1) is 23.6. The lowest BCUT2D eigenvalue weighted by Crippen LogP contribution is -2.49. The van der Waals surface area contributed by atoms with E-state index in [2.05, 4.69) is 31.8 Å². The number of nitrogens with zero attached hydrogens (tertiary/aromatic N) is 6. The summed E-state index contributed by atoms with van der Waals surface area (Å²) in [5, 5.41) is 9.64. The van der Waals surface area contributed by atoms with Gasteiger partial charge in [0.25, 0.3) is 0 Å². The number of ether oxygens (including phenoxy) is 1. The van der Waals surface area contributed by atoms with Crippen molar-refractivity contribution in [3.63, 3.8) is 0 Å². The first-order valence-corrected chi connectivity index (χ1v) is 12.9. The van der Waals surface area contributed by atoms with Gasteiger partial charge in [0.05, 0.1) is 31.2 Å². The van der Waals surface area contributed by atoms with E-state index in [-0.39, 0.29) is 17.5 Å². The lowest BCUT2D eigenvalue weighted by molar-refractivity contribution is -0.128. The number of hydrogen-bond donors (Lipinski definition) is 0. The monoisotopic (exact) mass is 496 g/mol. The highest BCUT2D eigenvalue weighted by Crippen LogP contribution is 2.25. The molecule has 0 unspecified atom stereocenters. The minimum atomic E-state index is -0.225. The molecule has 0 N–H and O–H groups in total. The SMILES string of the molecule is O=C(CSc1nnc(N2CCOCC2)n1Cc1ccccc1)N1CCN(c2ccccc2F)CC1. The number of halogens is 1. The third-order valence-electron chi connectivity index (χ3n) is 6.33. The molecule has 0 saturated carbocycles. The van der Waals surface area contributed by atoms with Crippen molar-refractivity contribution in [3.05, 3.63) is 66.0 Å². The largest absolute Gasteiger partial charge is 0.378 e. The molecule has 3 aromatic rings. The number of benzene rings is 2. The van der Waals surface area contributed by atoms with Gasteiger partial charge in [0, 0.05) is 39.3 Å². The molecule has 2 aliphatic rings. The fourth-order valence-corrected chi connectivity index (χ4v) is 5.25. The number of thioether (sulfide) groups is 1. The van der Waals surface area contributed by atoms with Gasteiger partial charge in [0.1, 0.15) is 5.82 Å². The van der Waals surface area contributed by atoms with Crippen molar-refractivity contribution < 1.29 is 13.9 Å². The normalized spacial score (nSPS) is 16.5. The smallest absolute Gasteiger partial charge is 0.233 e. The molecule has 8 nitrogen and oxygen atoms in total. The number of morpholine rings is 1. The zero-order chi connectivity index (χ0) is 24.0. The molecule has 0 aliphatic carbocycles. The zero-order valence-electron chi connectivity index (χ0n) is 19.6. The Morgan fingerprint density at radius 3 is 2.34 bits per heavy atom. The van der Waals surface area contributed by atoms with Crippen LogP contribution in [0.15, 0.2) is 59.8 Å². The zero-order valence-corrected chi connectivity index (χ0v) is 20.4. The van der Waals surface area contributed by atoms with Gasteiger partial charge in [-0.3, -0.25) is 9.36 Å². The molecule has 0 atom stereocenters. The van der Waals surface area contributed by atoms with E-state index in [1.54, 1.807) is 12.1 Å². The van der Waals surface area contributed by atoms with Crippen molar-refractivity contribution in [3.8, 4) is 0 Å². The van der Waals surface area contributed by atoms with Gasteiger partial charge in [-0.05, 0) is 17.7 Å². The van der Waals surface area contributed by atoms with Crippen LogP contribution in [0, 0.1) is 5.82 Å². The quantitative estimate of drug-likeness (QED) is 0.466. The Morgan fingerprint density at radius 1 is 0.886 bits per heavy atom. The highest BCUT2D eigenvalue weighted by molar-refractivity contribution is 7.99. The Balaban J connectivity index is 1.23. The van der Waals surface area contributed by atoms with Gasteiger partial charge in [-0.2, -0.15) is 0 Å². The van der Waals surface area contributed by atoms with E-state index in [1.165, 1.54) is 17.8 Å². The highest BCUT2D eigenvalue weighted by Gasteiger charge is 2.25. The Labute approximate surface area is 208 Å². The van der Waals surface area contributed by atoms with Crippen LogP contribution in [0.3, 0.4) is 0 Å². The number of para-hydroxylation sites is 1. The van der Waals surface area contributed by atoms with E-state index >= 15 is 0 Å². The van der Waals surface area contributed by atoms with E-state index < -0.39 is 0 Å². The van der Waals surface area contributed by atoms with Crippen molar-refractivity contribution in [1.82, 2.24) is 19.7 Å². The molecule has 5 rings (SSSR count). The van der Waals surface area contributed by atoms with Gasteiger partial charge in [0.2, 0.25) is 11.9 Å². The number of piperazine rings is 1. The highest BCUT2D eigenvalue weighted by atomic mass is 32.2. The summed E-state index contributed by atoms with van der Waals surface area (Å²) in [4.78, 5) is 19.0. The summed E-state index contributed by atoms with van der Waals surface area (Å²) in [5.41, 5.74) is 1.75. The number of aromatic nitrogens is 3. The molecule has 0 bridgehead atoms. The topological polar surface area (TPSA) is 66.7 Å². The maximum Gasteiger partial charge on any atom is 0.233 e. The maximum atomic E-state index is 14.1. The second-order valence-corrected chi connectivity index (χ2v) is 9.50. The predicted molar refractivity (Wildman–Crippen MR) is 135 cm³/mol. The molecule has 35 heavy (non-hydrogen) atoms. The second kappa shape index (κ2) is 11.1. The van der Waals surface area contributed by atoms with Crippen molar-refractivity contribution in [2.45, 2.75) is 11.7 Å². The fourth-order valence-electron chi connectivity index (χ4n) is 4.41. The number of carbonyl (C=O) groups excluding carboxylic acids is 1. The van der Waals surface area contributed by atoms with Crippen molar-refractivity contribution in [1.29, 1.82) is 0 Å². The lowest BCUT2D eigenvalue weighted by Gasteiger charge is -2.36. The molecule has 1 aromatic heterocycles. The summed E-state index contributed by atoms with van der Waals surface area (Å²) >= 11 is 1.42. The molecule has 3 heterocycles. The average molecular weight is 497 g/mol.